The molecule has 180 valence electrons. The Labute approximate surface area is 215 Å². The summed E-state index contributed by atoms with van der Waals surface area (Å²) in [6.07, 6.45) is -0.556. The number of nitrogens with one attached hydrogen (secondary N) is 2. The van der Waals surface area contributed by atoms with Crippen molar-refractivity contribution in [3.63, 3.8) is 0 Å². The van der Waals surface area contributed by atoms with E-state index in [1.807, 2.05) is 46.9 Å². The molecule has 0 saturated heterocycles. The monoisotopic (exact) mass is 586 g/mol. The van der Waals surface area contributed by atoms with E-state index in [1.165, 1.54) is 12.1 Å². The minimum absolute atomic E-state index is 0.0178. The Morgan fingerprint density at radius 3 is 2.26 bits per heavy atom. The molecule has 0 atom stereocenters. The second-order valence-corrected chi connectivity index (χ2v) is 9.13. The van der Waals surface area contributed by atoms with E-state index in [2.05, 4.69) is 34.9 Å². The molecule has 1 aliphatic carbocycles. The molecule has 0 fully saturated rings. The van der Waals surface area contributed by atoms with Gasteiger partial charge in [0, 0.05) is 21.7 Å². The Kier molecular flexibility index (Phi) is 7.98. The lowest BCUT2D eigenvalue weighted by Gasteiger charge is -2.14. The molecule has 0 aliphatic heterocycles. The quantitative estimate of drug-likeness (QED) is 0.252. The Morgan fingerprint density at radius 2 is 1.60 bits per heavy atom. The minimum atomic E-state index is -1.07. The highest BCUT2D eigenvalue weighted by Gasteiger charge is 2.28. The second kappa shape index (κ2) is 11.3. The highest BCUT2D eigenvalue weighted by Crippen LogP contribution is 2.44. The molecule has 0 heterocycles. The molecule has 3 aromatic carbocycles. The van der Waals surface area contributed by atoms with Crippen molar-refractivity contribution in [3.8, 4) is 11.1 Å². The number of aromatic carboxylic acids is 1. The highest BCUT2D eigenvalue weighted by molar-refractivity contribution is 14.1. The first kappa shape index (κ1) is 24.7. The Hall–Kier alpha value is -3.44. The molecule has 0 spiro atoms. The Bertz CT molecular complexity index is 1220. The third kappa shape index (κ3) is 6.17. The average Bonchev–Trinajstić information content (AvgIpc) is 3.16. The van der Waals surface area contributed by atoms with Crippen molar-refractivity contribution < 1.29 is 29.0 Å². The Morgan fingerprint density at radius 1 is 0.943 bits per heavy atom. The third-order valence-electron chi connectivity index (χ3n) is 5.52. The summed E-state index contributed by atoms with van der Waals surface area (Å²) in [4.78, 5) is 35.4. The lowest BCUT2D eigenvalue weighted by Crippen LogP contribution is -2.30. The number of carboxylic acids is 1. The van der Waals surface area contributed by atoms with E-state index in [0.717, 1.165) is 22.3 Å². The van der Waals surface area contributed by atoms with Crippen LogP contribution >= 0.6 is 22.6 Å². The summed E-state index contributed by atoms with van der Waals surface area (Å²) in [5.74, 6) is -1.52. The van der Waals surface area contributed by atoms with Crippen molar-refractivity contribution in [2.24, 2.45) is 0 Å². The number of ether oxygens (including phenoxy) is 2. The van der Waals surface area contributed by atoms with Crippen LogP contribution in [-0.2, 0) is 14.3 Å². The normalized spacial score (nSPS) is 11.9. The maximum absolute atomic E-state index is 12.2. The van der Waals surface area contributed by atoms with Gasteiger partial charge in [-0.1, -0.05) is 48.5 Å². The molecule has 3 N–H and O–H groups in total. The second-order valence-electron chi connectivity index (χ2n) is 7.89. The van der Waals surface area contributed by atoms with Gasteiger partial charge in [-0.3, -0.25) is 4.79 Å². The van der Waals surface area contributed by atoms with Crippen LogP contribution in [0.25, 0.3) is 11.1 Å². The summed E-state index contributed by atoms with van der Waals surface area (Å²) in [7, 11) is 0. The number of amides is 2. The molecule has 1 aliphatic rings. The van der Waals surface area contributed by atoms with Gasteiger partial charge < -0.3 is 25.2 Å². The predicted molar refractivity (Wildman–Crippen MR) is 139 cm³/mol. The summed E-state index contributed by atoms with van der Waals surface area (Å²) in [6.45, 7) is 0.276. The standard InChI is InChI=1S/C26H23IN2O6/c27-17-11-16(25(31)32)12-18(13-17)29-24(30)15-34-10-9-28-26(33)35-14-23-21-7-3-1-5-19(21)20-6-2-4-8-22(20)23/h1-8,11-13,23H,9-10,14-15H2,(H,28,33)(H,29,30)(H,31,32). The number of anilines is 1. The number of hydrogen-bond acceptors (Lipinski definition) is 5. The van der Waals surface area contributed by atoms with E-state index >= 15 is 0 Å². The number of carbonyl (C=O) groups excluding carboxylic acids is 2. The molecule has 0 radical (unpaired) electrons. The van der Waals surface area contributed by atoms with Gasteiger partial charge in [-0.15, -0.1) is 0 Å². The fraction of sp³-hybridized carbons (Fsp3) is 0.192. The number of fused-ring (bicyclic) bond motifs is 3. The number of rotatable bonds is 9. The highest BCUT2D eigenvalue weighted by atomic mass is 127. The van der Waals surface area contributed by atoms with Crippen LogP contribution in [0.2, 0.25) is 0 Å². The van der Waals surface area contributed by atoms with E-state index in [1.54, 1.807) is 6.07 Å². The fourth-order valence-corrected chi connectivity index (χ4v) is 4.69. The molecule has 35 heavy (non-hydrogen) atoms. The van der Waals surface area contributed by atoms with Gasteiger partial charge >= 0.3 is 12.1 Å². The van der Waals surface area contributed by atoms with Crippen molar-refractivity contribution in [2.75, 3.05) is 31.7 Å². The van der Waals surface area contributed by atoms with Crippen LogP contribution in [0.1, 0.15) is 27.4 Å². The van der Waals surface area contributed by atoms with Crippen LogP contribution in [-0.4, -0.2) is 49.4 Å². The van der Waals surface area contributed by atoms with Gasteiger partial charge in [0.15, 0.2) is 0 Å². The molecule has 0 bridgehead atoms. The zero-order valence-electron chi connectivity index (χ0n) is 18.6. The van der Waals surface area contributed by atoms with E-state index in [0.29, 0.717) is 9.26 Å². The van der Waals surface area contributed by atoms with Crippen molar-refractivity contribution in [3.05, 3.63) is 87.0 Å². The summed E-state index contributed by atoms with van der Waals surface area (Å²) < 4.78 is 11.4. The summed E-state index contributed by atoms with van der Waals surface area (Å²) in [6, 6.07) is 20.8. The first-order chi connectivity index (χ1) is 16.9. The molecule has 8 nitrogen and oxygen atoms in total. The van der Waals surface area contributed by atoms with Gasteiger partial charge in [0.2, 0.25) is 5.91 Å². The molecular weight excluding hydrogens is 563 g/mol. The van der Waals surface area contributed by atoms with Crippen LogP contribution in [0, 0.1) is 3.57 Å². The molecule has 0 unspecified atom stereocenters. The van der Waals surface area contributed by atoms with E-state index < -0.39 is 18.0 Å². The lowest BCUT2D eigenvalue weighted by atomic mass is 9.98. The van der Waals surface area contributed by atoms with Gasteiger partial charge in [-0.25, -0.2) is 9.59 Å². The largest absolute Gasteiger partial charge is 0.478 e. The van der Waals surface area contributed by atoms with E-state index in [9.17, 15) is 14.4 Å². The van der Waals surface area contributed by atoms with Gasteiger partial charge in [0.05, 0.1) is 12.2 Å². The number of alkyl carbamates (subject to hydrolysis) is 1. The Balaban J connectivity index is 1.18. The van der Waals surface area contributed by atoms with Crippen LogP contribution in [0.4, 0.5) is 10.5 Å². The van der Waals surface area contributed by atoms with Crippen LogP contribution in [0.3, 0.4) is 0 Å². The average molecular weight is 586 g/mol. The number of halogens is 1. The summed E-state index contributed by atoms with van der Waals surface area (Å²) >= 11 is 1.98. The van der Waals surface area contributed by atoms with Crippen molar-refractivity contribution in [1.82, 2.24) is 5.32 Å². The minimum Gasteiger partial charge on any atom is -0.478 e. The van der Waals surface area contributed by atoms with Gasteiger partial charge in [-0.2, -0.15) is 0 Å². The van der Waals surface area contributed by atoms with Crippen molar-refractivity contribution in [1.29, 1.82) is 0 Å². The van der Waals surface area contributed by atoms with Gasteiger partial charge in [-0.05, 0) is 63.0 Å². The smallest absolute Gasteiger partial charge is 0.407 e. The van der Waals surface area contributed by atoms with E-state index in [4.69, 9.17) is 14.6 Å². The molecule has 0 saturated carbocycles. The van der Waals surface area contributed by atoms with Crippen molar-refractivity contribution in [2.45, 2.75) is 5.92 Å². The van der Waals surface area contributed by atoms with Crippen LogP contribution in [0.5, 0.6) is 0 Å². The van der Waals surface area contributed by atoms with Gasteiger partial charge in [0.1, 0.15) is 13.2 Å². The molecular formula is C26H23IN2O6. The molecule has 2 amide bonds. The number of carboxylic acid groups (broad SMARTS) is 1. The topological polar surface area (TPSA) is 114 Å². The maximum Gasteiger partial charge on any atom is 0.407 e. The molecule has 9 heteroatoms. The molecule has 0 aromatic heterocycles. The first-order valence-corrected chi connectivity index (χ1v) is 12.0. The molecule has 4 rings (SSSR count). The first-order valence-electron chi connectivity index (χ1n) is 10.9. The number of benzene rings is 3. The fourth-order valence-electron chi connectivity index (χ4n) is 4.02. The van der Waals surface area contributed by atoms with Crippen molar-refractivity contribution >= 4 is 46.2 Å². The van der Waals surface area contributed by atoms with Crippen LogP contribution < -0.4 is 10.6 Å². The predicted octanol–water partition coefficient (Wildman–Crippen LogP) is 4.48. The van der Waals surface area contributed by atoms with Gasteiger partial charge in [0.25, 0.3) is 0 Å². The SMILES string of the molecule is O=C(COCCNC(=O)OCC1c2ccccc2-c2ccccc21)Nc1cc(I)cc(C(=O)O)c1. The summed E-state index contributed by atoms with van der Waals surface area (Å²) in [5, 5.41) is 14.3. The number of hydrogen-bond donors (Lipinski definition) is 3. The summed E-state index contributed by atoms with van der Waals surface area (Å²) in [5.41, 5.74) is 5.06. The third-order valence-corrected chi connectivity index (χ3v) is 6.14. The van der Waals surface area contributed by atoms with Crippen LogP contribution in [0.15, 0.2) is 66.7 Å². The lowest BCUT2D eigenvalue weighted by molar-refractivity contribution is -0.120. The number of carbonyl (C=O) groups is 3. The van der Waals surface area contributed by atoms with E-state index in [-0.39, 0.29) is 37.8 Å². The zero-order valence-corrected chi connectivity index (χ0v) is 20.8. The maximum atomic E-state index is 12.2. The molecule has 3 aromatic rings. The zero-order chi connectivity index (χ0) is 24.8.